The summed E-state index contributed by atoms with van der Waals surface area (Å²) >= 11 is 5.80. The van der Waals surface area contributed by atoms with Crippen molar-refractivity contribution < 1.29 is 23.2 Å². The summed E-state index contributed by atoms with van der Waals surface area (Å²) in [7, 11) is 0. The summed E-state index contributed by atoms with van der Waals surface area (Å²) in [4.78, 5) is 23.7. The highest BCUT2D eigenvalue weighted by atomic mass is 35.5. The van der Waals surface area contributed by atoms with Gasteiger partial charge in [-0.3, -0.25) is 4.79 Å². The second-order valence-electron chi connectivity index (χ2n) is 4.49. The Labute approximate surface area is 130 Å². The van der Waals surface area contributed by atoms with Crippen molar-refractivity contribution in [2.24, 2.45) is 0 Å². The Morgan fingerprint density at radius 1 is 1.41 bits per heavy atom. The Balaban J connectivity index is 1.98. The van der Waals surface area contributed by atoms with Crippen LogP contribution in [0.25, 0.3) is 0 Å². The minimum absolute atomic E-state index is 0.0396. The summed E-state index contributed by atoms with van der Waals surface area (Å²) in [5, 5.41) is 6.03. The molecular formula is C14H12ClFN2O4. The van der Waals surface area contributed by atoms with Crippen molar-refractivity contribution in [3.63, 3.8) is 0 Å². The maximum atomic E-state index is 12.9. The highest BCUT2D eigenvalue weighted by Gasteiger charge is 2.22. The molecule has 0 aliphatic heterocycles. The first-order chi connectivity index (χ1) is 10.4. The lowest BCUT2D eigenvalue weighted by Gasteiger charge is -2.13. The van der Waals surface area contributed by atoms with E-state index < -0.39 is 23.8 Å². The maximum Gasteiger partial charge on any atom is 0.377 e. The average molecular weight is 327 g/mol. The average Bonchev–Trinajstić information content (AvgIpc) is 2.88. The number of halogens is 2. The molecule has 1 N–H and O–H groups in total. The molecule has 1 amide bonds. The third-order valence-electron chi connectivity index (χ3n) is 2.67. The van der Waals surface area contributed by atoms with Gasteiger partial charge in [-0.25, -0.2) is 9.18 Å². The maximum absolute atomic E-state index is 12.9. The summed E-state index contributed by atoms with van der Waals surface area (Å²) in [6.07, 6.45) is -1.10. The lowest BCUT2D eigenvalue weighted by molar-refractivity contribution is -0.123. The molecule has 2 aromatic rings. The number of carbonyl (C=O) groups is 2. The molecule has 6 nitrogen and oxygen atoms in total. The molecule has 1 aromatic heterocycles. The summed E-state index contributed by atoms with van der Waals surface area (Å²) in [6.45, 7) is 3.03. The number of ether oxygens (including phenoxy) is 1. The Bertz CT molecular complexity index is 717. The smallest absolute Gasteiger partial charge is 0.377 e. The van der Waals surface area contributed by atoms with Crippen LogP contribution >= 0.6 is 11.6 Å². The second kappa shape index (κ2) is 6.57. The summed E-state index contributed by atoms with van der Waals surface area (Å²) in [5.74, 6) is -2.05. The zero-order valence-corrected chi connectivity index (χ0v) is 12.5. The van der Waals surface area contributed by atoms with Crippen LogP contribution in [0.1, 0.15) is 23.2 Å². The number of nitrogens with one attached hydrogen (secondary N) is 1. The Kier molecular flexibility index (Phi) is 4.77. The van der Waals surface area contributed by atoms with Crippen LogP contribution in [-0.4, -0.2) is 23.1 Å². The van der Waals surface area contributed by atoms with Crippen LogP contribution in [0.15, 0.2) is 28.8 Å². The molecule has 0 radical (unpaired) electrons. The number of esters is 1. The Morgan fingerprint density at radius 3 is 2.73 bits per heavy atom. The SMILES string of the molecule is Cc1cc(C(=O)O[C@@H](C)C(=O)Nc2ccc(F)cc2Cl)on1. The van der Waals surface area contributed by atoms with E-state index in [2.05, 4.69) is 10.5 Å². The molecule has 0 saturated heterocycles. The van der Waals surface area contributed by atoms with E-state index in [1.165, 1.54) is 19.1 Å². The van der Waals surface area contributed by atoms with Crippen LogP contribution < -0.4 is 5.32 Å². The van der Waals surface area contributed by atoms with Crippen molar-refractivity contribution in [1.29, 1.82) is 0 Å². The molecule has 1 heterocycles. The number of benzene rings is 1. The van der Waals surface area contributed by atoms with E-state index in [0.717, 1.165) is 12.1 Å². The molecule has 116 valence electrons. The third kappa shape index (κ3) is 3.82. The van der Waals surface area contributed by atoms with E-state index in [-0.39, 0.29) is 16.5 Å². The van der Waals surface area contributed by atoms with Gasteiger partial charge in [0.25, 0.3) is 5.91 Å². The summed E-state index contributed by atoms with van der Waals surface area (Å²) in [6, 6.07) is 4.91. The van der Waals surface area contributed by atoms with Crippen molar-refractivity contribution >= 4 is 29.2 Å². The molecule has 8 heteroatoms. The molecule has 0 fully saturated rings. The lowest BCUT2D eigenvalue weighted by atomic mass is 10.3. The van der Waals surface area contributed by atoms with Crippen LogP contribution in [0, 0.1) is 12.7 Å². The minimum atomic E-state index is -1.10. The van der Waals surface area contributed by atoms with Crippen LogP contribution in [0.4, 0.5) is 10.1 Å². The molecule has 0 saturated carbocycles. The van der Waals surface area contributed by atoms with Gasteiger partial charge in [0.05, 0.1) is 16.4 Å². The number of carbonyl (C=O) groups excluding carboxylic acids is 2. The minimum Gasteiger partial charge on any atom is -0.447 e. The topological polar surface area (TPSA) is 81.4 Å². The van der Waals surface area contributed by atoms with Gasteiger partial charge < -0.3 is 14.6 Å². The zero-order valence-electron chi connectivity index (χ0n) is 11.7. The molecule has 0 unspecified atom stereocenters. The highest BCUT2D eigenvalue weighted by molar-refractivity contribution is 6.33. The van der Waals surface area contributed by atoms with Gasteiger partial charge in [-0.2, -0.15) is 0 Å². The monoisotopic (exact) mass is 326 g/mol. The first kappa shape index (κ1) is 16.0. The van der Waals surface area contributed by atoms with Gasteiger partial charge in [0.1, 0.15) is 5.82 Å². The molecule has 1 aromatic carbocycles. The number of nitrogens with zero attached hydrogens (tertiary/aromatic N) is 1. The number of anilines is 1. The quantitative estimate of drug-likeness (QED) is 0.873. The first-order valence-electron chi connectivity index (χ1n) is 6.27. The van der Waals surface area contributed by atoms with Crippen LogP contribution in [0.2, 0.25) is 5.02 Å². The van der Waals surface area contributed by atoms with Gasteiger partial charge in [0.15, 0.2) is 6.10 Å². The number of hydrogen-bond donors (Lipinski definition) is 1. The number of aromatic nitrogens is 1. The van der Waals surface area contributed by atoms with Gasteiger partial charge in [-0.15, -0.1) is 0 Å². The Morgan fingerprint density at radius 2 is 2.14 bits per heavy atom. The molecule has 2 rings (SSSR count). The molecule has 0 bridgehead atoms. The predicted octanol–water partition coefficient (Wildman–Crippen LogP) is 2.96. The standard InChI is InChI=1S/C14H12ClFN2O4/c1-7-5-12(22-18-7)14(20)21-8(2)13(19)17-11-4-3-9(16)6-10(11)15/h3-6,8H,1-2H3,(H,17,19)/t8-/m0/s1. The van der Waals surface area contributed by atoms with E-state index in [9.17, 15) is 14.0 Å². The fourth-order valence-corrected chi connectivity index (χ4v) is 1.77. The summed E-state index contributed by atoms with van der Waals surface area (Å²) in [5.41, 5.74) is 0.730. The van der Waals surface area contributed by atoms with E-state index in [1.54, 1.807) is 6.92 Å². The van der Waals surface area contributed by atoms with Crippen molar-refractivity contribution in [3.05, 3.63) is 46.6 Å². The molecule has 22 heavy (non-hydrogen) atoms. The van der Waals surface area contributed by atoms with Gasteiger partial charge in [-0.1, -0.05) is 16.8 Å². The van der Waals surface area contributed by atoms with E-state index in [4.69, 9.17) is 20.9 Å². The fraction of sp³-hybridized carbons (Fsp3) is 0.214. The third-order valence-corrected chi connectivity index (χ3v) is 2.98. The Hall–Kier alpha value is -2.41. The van der Waals surface area contributed by atoms with Crippen LogP contribution in [0.5, 0.6) is 0 Å². The fourth-order valence-electron chi connectivity index (χ4n) is 1.56. The number of aryl methyl sites for hydroxylation is 1. The second-order valence-corrected chi connectivity index (χ2v) is 4.90. The normalized spacial score (nSPS) is 11.8. The molecule has 1 atom stereocenters. The van der Waals surface area contributed by atoms with Crippen molar-refractivity contribution in [2.75, 3.05) is 5.32 Å². The predicted molar refractivity (Wildman–Crippen MR) is 76.2 cm³/mol. The van der Waals surface area contributed by atoms with Crippen molar-refractivity contribution in [2.45, 2.75) is 20.0 Å². The zero-order chi connectivity index (χ0) is 16.3. The summed E-state index contributed by atoms with van der Waals surface area (Å²) < 4.78 is 22.6. The number of hydrogen-bond acceptors (Lipinski definition) is 5. The van der Waals surface area contributed by atoms with Gasteiger partial charge in [-0.05, 0) is 32.0 Å². The first-order valence-corrected chi connectivity index (χ1v) is 6.65. The molecule has 0 spiro atoms. The van der Waals surface area contributed by atoms with Crippen LogP contribution in [0.3, 0.4) is 0 Å². The number of rotatable bonds is 4. The highest BCUT2D eigenvalue weighted by Crippen LogP contribution is 2.22. The lowest BCUT2D eigenvalue weighted by Crippen LogP contribution is -2.30. The van der Waals surface area contributed by atoms with Crippen LogP contribution in [-0.2, 0) is 9.53 Å². The molecule has 0 aliphatic rings. The van der Waals surface area contributed by atoms with Crippen molar-refractivity contribution in [3.8, 4) is 0 Å². The van der Waals surface area contributed by atoms with Crippen molar-refractivity contribution in [1.82, 2.24) is 5.16 Å². The van der Waals surface area contributed by atoms with E-state index >= 15 is 0 Å². The molecular weight excluding hydrogens is 315 g/mol. The van der Waals surface area contributed by atoms with Gasteiger partial charge >= 0.3 is 5.97 Å². The van der Waals surface area contributed by atoms with E-state index in [1.807, 2.05) is 0 Å². The molecule has 0 aliphatic carbocycles. The number of amides is 1. The van der Waals surface area contributed by atoms with Gasteiger partial charge in [0, 0.05) is 6.07 Å². The largest absolute Gasteiger partial charge is 0.447 e. The van der Waals surface area contributed by atoms with E-state index in [0.29, 0.717) is 5.69 Å². The van der Waals surface area contributed by atoms with Gasteiger partial charge in [0.2, 0.25) is 5.76 Å².